The number of nitrogens with one attached hydrogen (secondary N) is 1. The molecule has 0 saturated heterocycles. The average molecular weight is 300 g/mol. The minimum Gasteiger partial charge on any atom is -0.384 e. The molecule has 3 rings (SSSR count). The van der Waals surface area contributed by atoms with Crippen LogP contribution >= 0.6 is 11.8 Å². The molecule has 21 heavy (non-hydrogen) atoms. The largest absolute Gasteiger partial charge is 0.384 e. The van der Waals surface area contributed by atoms with Crippen molar-refractivity contribution in [3.05, 3.63) is 41.5 Å². The predicted molar refractivity (Wildman–Crippen MR) is 87.6 cm³/mol. The number of hydrogen-bond acceptors (Lipinski definition) is 3. The molecule has 0 bridgehead atoms. The molecule has 0 amide bonds. The second kappa shape index (κ2) is 5.93. The summed E-state index contributed by atoms with van der Waals surface area (Å²) in [4.78, 5) is 5.62. The minimum atomic E-state index is 0.125. The van der Waals surface area contributed by atoms with E-state index in [1.165, 1.54) is 24.2 Å². The molecule has 0 fully saturated rings. The first-order valence-electron chi connectivity index (χ1n) is 7.38. The maximum absolute atomic E-state index is 7.97. The van der Waals surface area contributed by atoms with Crippen molar-refractivity contribution < 1.29 is 0 Å². The van der Waals surface area contributed by atoms with E-state index in [4.69, 9.17) is 11.1 Å². The summed E-state index contributed by atoms with van der Waals surface area (Å²) in [5.41, 5.74) is 10.2. The summed E-state index contributed by atoms with van der Waals surface area (Å²) in [6.07, 6.45) is 6.42. The van der Waals surface area contributed by atoms with E-state index in [-0.39, 0.29) is 5.84 Å². The highest BCUT2D eigenvalue weighted by Crippen LogP contribution is 2.30. The van der Waals surface area contributed by atoms with Gasteiger partial charge in [0.1, 0.15) is 5.84 Å². The van der Waals surface area contributed by atoms with Gasteiger partial charge in [0.05, 0.1) is 23.3 Å². The first kappa shape index (κ1) is 14.2. The van der Waals surface area contributed by atoms with Crippen LogP contribution in [0.15, 0.2) is 29.4 Å². The highest BCUT2D eigenvalue weighted by atomic mass is 32.2. The van der Waals surface area contributed by atoms with Crippen molar-refractivity contribution in [1.29, 1.82) is 5.41 Å². The summed E-state index contributed by atoms with van der Waals surface area (Å²) in [7, 11) is 0. The van der Waals surface area contributed by atoms with E-state index in [1.54, 1.807) is 11.8 Å². The number of nitrogen functional groups attached to an aromatic ring is 1. The van der Waals surface area contributed by atoms with E-state index in [0.29, 0.717) is 0 Å². The monoisotopic (exact) mass is 300 g/mol. The molecule has 1 heterocycles. The molecule has 1 aromatic heterocycles. The number of imidazole rings is 1. The SMILES string of the molecule is CCSc1cccc(-n2cnc3c2CCCC3)c1C(=N)N. The number of amidine groups is 1. The van der Waals surface area contributed by atoms with Gasteiger partial charge in [-0.05, 0) is 43.6 Å². The Balaban J connectivity index is 2.16. The zero-order valence-electron chi connectivity index (χ0n) is 12.2. The van der Waals surface area contributed by atoms with Gasteiger partial charge in [-0.2, -0.15) is 0 Å². The van der Waals surface area contributed by atoms with Gasteiger partial charge < -0.3 is 10.3 Å². The second-order valence-corrected chi connectivity index (χ2v) is 6.52. The third-order valence-electron chi connectivity index (χ3n) is 3.86. The Morgan fingerprint density at radius 1 is 1.38 bits per heavy atom. The Morgan fingerprint density at radius 2 is 2.19 bits per heavy atom. The number of aryl methyl sites for hydroxylation is 1. The predicted octanol–water partition coefficient (Wildman–Crippen LogP) is 3.15. The zero-order chi connectivity index (χ0) is 14.8. The third kappa shape index (κ3) is 2.58. The molecular formula is C16H20N4S. The lowest BCUT2D eigenvalue weighted by Crippen LogP contribution is -2.17. The first-order valence-corrected chi connectivity index (χ1v) is 8.36. The lowest BCUT2D eigenvalue weighted by atomic mass is 10.0. The molecule has 0 atom stereocenters. The van der Waals surface area contributed by atoms with Crippen LogP contribution in [0.3, 0.4) is 0 Å². The van der Waals surface area contributed by atoms with Crippen LogP contribution in [0, 0.1) is 5.41 Å². The van der Waals surface area contributed by atoms with Gasteiger partial charge in [-0.15, -0.1) is 11.8 Å². The summed E-state index contributed by atoms with van der Waals surface area (Å²) in [6.45, 7) is 2.11. The van der Waals surface area contributed by atoms with Crippen LogP contribution < -0.4 is 5.73 Å². The van der Waals surface area contributed by atoms with E-state index >= 15 is 0 Å². The van der Waals surface area contributed by atoms with E-state index in [9.17, 15) is 0 Å². The van der Waals surface area contributed by atoms with Gasteiger partial charge in [-0.3, -0.25) is 5.41 Å². The van der Waals surface area contributed by atoms with Crippen molar-refractivity contribution in [2.24, 2.45) is 5.73 Å². The van der Waals surface area contributed by atoms with Crippen molar-refractivity contribution >= 4 is 17.6 Å². The summed E-state index contributed by atoms with van der Waals surface area (Å²) >= 11 is 1.72. The molecule has 2 aromatic rings. The Hall–Kier alpha value is -1.75. The standard InChI is InChI=1S/C16H20N4S/c1-2-21-14-9-5-8-13(15(14)16(17)18)20-10-19-11-6-3-4-7-12(11)20/h5,8-10H,2-4,6-7H2,1H3,(H3,17,18). The van der Waals surface area contributed by atoms with Crippen molar-refractivity contribution in [3.8, 4) is 5.69 Å². The molecular weight excluding hydrogens is 280 g/mol. The number of aromatic nitrogens is 2. The van der Waals surface area contributed by atoms with E-state index in [2.05, 4.69) is 16.5 Å². The van der Waals surface area contributed by atoms with E-state index < -0.39 is 0 Å². The lowest BCUT2D eigenvalue weighted by molar-refractivity contribution is 0.655. The number of hydrogen-bond donors (Lipinski definition) is 2. The quantitative estimate of drug-likeness (QED) is 0.518. The Labute approximate surface area is 129 Å². The fraction of sp³-hybridized carbons (Fsp3) is 0.375. The molecule has 0 aliphatic heterocycles. The van der Waals surface area contributed by atoms with Gasteiger partial charge in [0.2, 0.25) is 0 Å². The summed E-state index contributed by atoms with van der Waals surface area (Å²) < 4.78 is 2.13. The maximum Gasteiger partial charge on any atom is 0.126 e. The number of fused-ring (bicyclic) bond motifs is 1. The van der Waals surface area contributed by atoms with Gasteiger partial charge in [0, 0.05) is 10.6 Å². The lowest BCUT2D eigenvalue weighted by Gasteiger charge is -2.18. The maximum atomic E-state index is 7.97. The molecule has 1 aliphatic rings. The molecule has 110 valence electrons. The zero-order valence-corrected chi connectivity index (χ0v) is 13.0. The first-order chi connectivity index (χ1) is 10.2. The van der Waals surface area contributed by atoms with Crippen LogP contribution in [-0.2, 0) is 12.8 Å². The van der Waals surface area contributed by atoms with Crippen LogP contribution in [0.5, 0.6) is 0 Å². The summed E-state index contributed by atoms with van der Waals surface area (Å²) in [5.74, 6) is 1.09. The fourth-order valence-corrected chi connectivity index (χ4v) is 3.79. The average Bonchev–Trinajstić information content (AvgIpc) is 2.91. The topological polar surface area (TPSA) is 67.7 Å². The van der Waals surface area contributed by atoms with Crippen LogP contribution in [-0.4, -0.2) is 21.1 Å². The van der Waals surface area contributed by atoms with Gasteiger partial charge in [-0.1, -0.05) is 13.0 Å². The highest BCUT2D eigenvalue weighted by molar-refractivity contribution is 7.99. The minimum absolute atomic E-state index is 0.125. The van der Waals surface area contributed by atoms with Gasteiger partial charge in [0.15, 0.2) is 0 Å². The highest BCUT2D eigenvalue weighted by Gasteiger charge is 2.19. The van der Waals surface area contributed by atoms with E-state index in [1.807, 2.05) is 24.5 Å². The smallest absolute Gasteiger partial charge is 0.126 e. The van der Waals surface area contributed by atoms with Crippen LogP contribution in [0.2, 0.25) is 0 Å². The molecule has 1 aliphatic carbocycles. The number of nitrogens with zero attached hydrogens (tertiary/aromatic N) is 2. The Morgan fingerprint density at radius 3 is 2.95 bits per heavy atom. The molecule has 5 heteroatoms. The molecule has 4 nitrogen and oxygen atoms in total. The molecule has 0 spiro atoms. The third-order valence-corrected chi connectivity index (χ3v) is 4.80. The van der Waals surface area contributed by atoms with Gasteiger partial charge >= 0.3 is 0 Å². The molecule has 3 N–H and O–H groups in total. The molecule has 0 radical (unpaired) electrons. The Bertz CT molecular complexity index is 675. The Kier molecular flexibility index (Phi) is 4.01. The van der Waals surface area contributed by atoms with Crippen molar-refractivity contribution in [1.82, 2.24) is 9.55 Å². The molecule has 0 unspecified atom stereocenters. The molecule has 0 saturated carbocycles. The van der Waals surface area contributed by atoms with Crippen LogP contribution in [0.25, 0.3) is 5.69 Å². The number of benzene rings is 1. The number of nitrogens with two attached hydrogens (primary N) is 1. The van der Waals surface area contributed by atoms with Crippen LogP contribution in [0.4, 0.5) is 0 Å². The van der Waals surface area contributed by atoms with Crippen molar-refractivity contribution in [2.45, 2.75) is 37.5 Å². The van der Waals surface area contributed by atoms with Crippen molar-refractivity contribution in [3.63, 3.8) is 0 Å². The molecule has 1 aromatic carbocycles. The summed E-state index contributed by atoms with van der Waals surface area (Å²) in [5, 5.41) is 7.97. The second-order valence-electron chi connectivity index (χ2n) is 5.21. The van der Waals surface area contributed by atoms with Gasteiger partial charge in [-0.25, -0.2) is 4.98 Å². The van der Waals surface area contributed by atoms with E-state index in [0.717, 1.165) is 34.7 Å². The number of rotatable bonds is 4. The van der Waals surface area contributed by atoms with Gasteiger partial charge in [0.25, 0.3) is 0 Å². The fourth-order valence-electron chi connectivity index (χ4n) is 2.94. The van der Waals surface area contributed by atoms with Crippen LogP contribution in [0.1, 0.15) is 36.7 Å². The summed E-state index contributed by atoms with van der Waals surface area (Å²) in [6, 6.07) is 6.11. The van der Waals surface area contributed by atoms with Crippen molar-refractivity contribution in [2.75, 3.05) is 5.75 Å². The normalized spacial score (nSPS) is 14.0. The number of thioether (sulfide) groups is 1.